The fourth-order valence-corrected chi connectivity index (χ4v) is 5.35. The van der Waals surface area contributed by atoms with E-state index in [0.29, 0.717) is 22.2 Å². The number of benzene rings is 3. The van der Waals surface area contributed by atoms with Gasteiger partial charge in [0.2, 0.25) is 11.8 Å². The van der Waals surface area contributed by atoms with Crippen molar-refractivity contribution >= 4 is 62.7 Å². The Balaban J connectivity index is 1.88. The first-order chi connectivity index (χ1) is 17.8. The van der Waals surface area contributed by atoms with Gasteiger partial charge in [0.15, 0.2) is 0 Å². The Hall–Kier alpha value is -1.99. The van der Waals surface area contributed by atoms with E-state index < -0.39 is 6.04 Å². The summed E-state index contributed by atoms with van der Waals surface area (Å²) in [5.74, 6) is 0.642. The third kappa shape index (κ3) is 9.36. The minimum absolute atomic E-state index is 0.00590. The average molecular weight is 622 g/mol. The van der Waals surface area contributed by atoms with E-state index in [9.17, 15) is 9.59 Å². The molecule has 3 aromatic carbocycles. The lowest BCUT2D eigenvalue weighted by Crippen LogP contribution is -2.52. The molecule has 2 amide bonds. The maximum absolute atomic E-state index is 13.7. The van der Waals surface area contributed by atoms with Crippen LogP contribution in [0.2, 0.25) is 10.0 Å². The lowest BCUT2D eigenvalue weighted by Gasteiger charge is -2.32. The van der Waals surface area contributed by atoms with Crippen LogP contribution < -0.4 is 5.32 Å². The third-order valence-electron chi connectivity index (χ3n) is 6.04. The summed E-state index contributed by atoms with van der Waals surface area (Å²) in [6.07, 6.45) is 1.20. The van der Waals surface area contributed by atoms with Gasteiger partial charge in [0.25, 0.3) is 0 Å². The minimum Gasteiger partial charge on any atom is -0.352 e. The molecule has 37 heavy (non-hydrogen) atoms. The smallest absolute Gasteiger partial charge is 0.243 e. The zero-order valence-electron chi connectivity index (χ0n) is 20.9. The summed E-state index contributed by atoms with van der Waals surface area (Å²) in [6.45, 7) is 4.19. The van der Waals surface area contributed by atoms with E-state index in [1.54, 1.807) is 17.0 Å². The summed E-state index contributed by atoms with van der Waals surface area (Å²) in [7, 11) is 0. The summed E-state index contributed by atoms with van der Waals surface area (Å²) in [4.78, 5) is 28.9. The van der Waals surface area contributed by atoms with E-state index in [1.165, 1.54) is 11.8 Å². The van der Waals surface area contributed by atoms with Crippen molar-refractivity contribution in [1.29, 1.82) is 0 Å². The van der Waals surface area contributed by atoms with Crippen LogP contribution in [0, 0.1) is 0 Å². The Labute approximate surface area is 242 Å². The number of rotatable bonds is 12. The molecule has 0 spiro atoms. The van der Waals surface area contributed by atoms with Crippen molar-refractivity contribution in [2.75, 3.05) is 5.75 Å². The van der Waals surface area contributed by atoms with Crippen LogP contribution in [0.5, 0.6) is 0 Å². The molecular formula is C29H31BrCl2N2O2S. The van der Waals surface area contributed by atoms with Gasteiger partial charge in [-0.2, -0.15) is 0 Å². The topological polar surface area (TPSA) is 49.4 Å². The molecule has 0 radical (unpaired) electrons. The predicted octanol–water partition coefficient (Wildman–Crippen LogP) is 7.54. The summed E-state index contributed by atoms with van der Waals surface area (Å²) < 4.78 is 1.01. The predicted molar refractivity (Wildman–Crippen MR) is 159 cm³/mol. The Morgan fingerprint density at radius 1 is 1.00 bits per heavy atom. The molecule has 0 aliphatic carbocycles. The molecule has 0 saturated carbocycles. The average Bonchev–Trinajstić information content (AvgIpc) is 2.88. The van der Waals surface area contributed by atoms with Gasteiger partial charge in [0.05, 0.1) is 5.75 Å². The van der Waals surface area contributed by atoms with Crippen molar-refractivity contribution in [1.82, 2.24) is 10.2 Å². The summed E-state index contributed by atoms with van der Waals surface area (Å²) in [5.41, 5.74) is 2.85. The normalized spacial score (nSPS) is 12.6. The fraction of sp³-hybridized carbons (Fsp3) is 0.310. The number of carbonyl (C=O) groups is 2. The Kier molecular flexibility index (Phi) is 11.8. The number of nitrogens with zero attached hydrogens (tertiary/aromatic N) is 1. The van der Waals surface area contributed by atoms with Gasteiger partial charge in [0.1, 0.15) is 6.04 Å². The molecular weight excluding hydrogens is 591 g/mol. The second-order valence-electron chi connectivity index (χ2n) is 8.90. The molecule has 0 heterocycles. The molecule has 0 bridgehead atoms. The highest BCUT2D eigenvalue weighted by molar-refractivity contribution is 9.10. The first-order valence-electron chi connectivity index (χ1n) is 12.2. The van der Waals surface area contributed by atoms with Crippen molar-refractivity contribution in [3.8, 4) is 0 Å². The summed E-state index contributed by atoms with van der Waals surface area (Å²) in [5, 5.41) is 4.07. The number of hydrogen-bond donors (Lipinski definition) is 1. The van der Waals surface area contributed by atoms with E-state index in [4.69, 9.17) is 23.2 Å². The number of carbonyl (C=O) groups excluding carboxylic acids is 2. The second kappa shape index (κ2) is 14.8. The molecule has 196 valence electrons. The molecule has 0 fully saturated rings. The maximum atomic E-state index is 13.7. The highest BCUT2D eigenvalue weighted by Gasteiger charge is 2.31. The van der Waals surface area contributed by atoms with E-state index in [1.807, 2.05) is 74.5 Å². The second-order valence-corrected chi connectivity index (χ2v) is 11.6. The lowest BCUT2D eigenvalue weighted by molar-refractivity contribution is -0.139. The number of hydrogen-bond acceptors (Lipinski definition) is 3. The molecule has 3 aromatic rings. The summed E-state index contributed by atoms with van der Waals surface area (Å²) >= 11 is 17.6. The molecule has 0 aliphatic heterocycles. The number of thioether (sulfide) groups is 1. The Bertz CT molecular complexity index is 1180. The fourth-order valence-electron chi connectivity index (χ4n) is 3.75. The SMILES string of the molecule is CC[C@@H](C)NC(=O)[C@H](Cc1ccccc1)N(Cc1ccc(Cl)cc1Cl)C(=O)CSCc1ccc(Br)cc1. The molecule has 1 N–H and O–H groups in total. The van der Waals surface area contributed by atoms with Gasteiger partial charge < -0.3 is 10.2 Å². The maximum Gasteiger partial charge on any atom is 0.243 e. The molecule has 3 rings (SSSR count). The van der Waals surface area contributed by atoms with Gasteiger partial charge in [0, 0.05) is 39.3 Å². The van der Waals surface area contributed by atoms with Gasteiger partial charge >= 0.3 is 0 Å². The Morgan fingerprint density at radius 2 is 1.70 bits per heavy atom. The molecule has 4 nitrogen and oxygen atoms in total. The molecule has 0 unspecified atom stereocenters. The van der Waals surface area contributed by atoms with Crippen LogP contribution in [0.25, 0.3) is 0 Å². The third-order valence-corrected chi connectivity index (χ3v) is 8.14. The lowest BCUT2D eigenvalue weighted by atomic mass is 10.0. The van der Waals surface area contributed by atoms with Gasteiger partial charge in [-0.1, -0.05) is 94.6 Å². The number of amides is 2. The van der Waals surface area contributed by atoms with Crippen LogP contribution in [0.4, 0.5) is 0 Å². The minimum atomic E-state index is -0.691. The van der Waals surface area contributed by atoms with E-state index in [0.717, 1.165) is 27.6 Å². The van der Waals surface area contributed by atoms with Crippen LogP contribution in [0.3, 0.4) is 0 Å². The standard InChI is InChI=1S/C29H31BrCl2N2O2S/c1-3-20(2)33-29(36)27(15-21-7-5-4-6-8-21)34(17-23-11-14-25(31)16-26(23)32)28(35)19-37-18-22-9-12-24(30)13-10-22/h4-14,16,20,27H,3,15,17-19H2,1-2H3,(H,33,36)/t20-,27+/m1/s1. The van der Waals surface area contributed by atoms with Crippen molar-refractivity contribution < 1.29 is 9.59 Å². The molecule has 2 atom stereocenters. The van der Waals surface area contributed by atoms with E-state index in [-0.39, 0.29) is 30.2 Å². The van der Waals surface area contributed by atoms with Crippen LogP contribution >= 0.6 is 50.9 Å². The van der Waals surface area contributed by atoms with Gasteiger partial charge in [-0.05, 0) is 54.3 Å². The van der Waals surface area contributed by atoms with Crippen LogP contribution in [-0.4, -0.2) is 34.6 Å². The Morgan fingerprint density at radius 3 is 2.35 bits per heavy atom. The van der Waals surface area contributed by atoms with Crippen molar-refractivity contribution in [3.05, 3.63) is 104 Å². The van der Waals surface area contributed by atoms with Crippen LogP contribution in [-0.2, 0) is 28.3 Å². The molecule has 8 heteroatoms. The molecule has 0 aromatic heterocycles. The van der Waals surface area contributed by atoms with Crippen molar-refractivity contribution in [2.45, 2.75) is 51.1 Å². The van der Waals surface area contributed by atoms with Crippen molar-refractivity contribution in [2.24, 2.45) is 0 Å². The highest BCUT2D eigenvalue weighted by Crippen LogP contribution is 2.25. The monoisotopic (exact) mass is 620 g/mol. The van der Waals surface area contributed by atoms with Crippen LogP contribution in [0.1, 0.15) is 37.0 Å². The van der Waals surface area contributed by atoms with Crippen molar-refractivity contribution in [3.63, 3.8) is 0 Å². The number of nitrogens with one attached hydrogen (secondary N) is 1. The first-order valence-corrected chi connectivity index (χ1v) is 14.9. The molecule has 0 aliphatic rings. The number of halogens is 3. The summed E-state index contributed by atoms with van der Waals surface area (Å²) in [6, 6.07) is 22.3. The van der Waals surface area contributed by atoms with Gasteiger partial charge in [-0.15, -0.1) is 11.8 Å². The van der Waals surface area contributed by atoms with E-state index >= 15 is 0 Å². The quantitative estimate of drug-likeness (QED) is 0.227. The largest absolute Gasteiger partial charge is 0.352 e. The highest BCUT2D eigenvalue weighted by atomic mass is 79.9. The zero-order valence-corrected chi connectivity index (χ0v) is 24.8. The van der Waals surface area contributed by atoms with E-state index in [2.05, 4.69) is 21.2 Å². The van der Waals surface area contributed by atoms with Gasteiger partial charge in [-0.3, -0.25) is 9.59 Å². The first kappa shape index (κ1) is 29.6. The van der Waals surface area contributed by atoms with Crippen LogP contribution in [0.15, 0.2) is 77.3 Å². The molecule has 0 saturated heterocycles. The zero-order chi connectivity index (χ0) is 26.8. The van der Waals surface area contributed by atoms with Gasteiger partial charge in [-0.25, -0.2) is 0 Å².